The van der Waals surface area contributed by atoms with E-state index in [0.29, 0.717) is 0 Å². The van der Waals surface area contributed by atoms with E-state index in [4.69, 9.17) is 12.2 Å². The highest BCUT2D eigenvalue weighted by atomic mass is 14.6. The van der Waals surface area contributed by atoms with E-state index in [1.54, 1.807) is 0 Å². The lowest BCUT2D eigenvalue weighted by molar-refractivity contribution is 0.623. The maximum Gasteiger partial charge on any atom is 0.0101 e. The minimum atomic E-state index is 0.193. The zero-order chi connectivity index (χ0) is 9.52. The Morgan fingerprint density at radius 3 is 2.62 bits per heavy atom. The third-order valence-corrected chi connectivity index (χ3v) is 2.00. The first-order chi connectivity index (χ1) is 6.33. The van der Waals surface area contributed by atoms with Gasteiger partial charge in [-0.05, 0) is 18.4 Å². The van der Waals surface area contributed by atoms with E-state index in [-0.39, 0.29) is 6.04 Å². The van der Waals surface area contributed by atoms with E-state index < -0.39 is 0 Å². The van der Waals surface area contributed by atoms with Crippen molar-refractivity contribution < 1.29 is 0 Å². The molecule has 1 atom stereocenters. The third-order valence-electron chi connectivity index (χ3n) is 2.00. The van der Waals surface area contributed by atoms with Crippen LogP contribution in [0.1, 0.15) is 18.4 Å². The van der Waals surface area contributed by atoms with Gasteiger partial charge in [0, 0.05) is 12.5 Å². The Morgan fingerprint density at radius 2 is 2.00 bits per heavy atom. The molecule has 0 heterocycles. The Balaban J connectivity index is 2.37. The Labute approximate surface area is 80.0 Å². The Kier molecular flexibility index (Phi) is 4.08. The normalized spacial score (nSPS) is 12.0. The lowest BCUT2D eigenvalue weighted by atomic mass is 10.0. The molecule has 0 fully saturated rings. The average Bonchev–Trinajstić information content (AvgIpc) is 2.16. The number of nitrogens with two attached hydrogens (primary N) is 1. The molecular weight excluding hydrogens is 158 g/mol. The van der Waals surface area contributed by atoms with Gasteiger partial charge in [-0.25, -0.2) is 0 Å². The van der Waals surface area contributed by atoms with Gasteiger partial charge >= 0.3 is 0 Å². The molecule has 13 heavy (non-hydrogen) atoms. The number of terminal acetylenes is 1. The lowest BCUT2D eigenvalue weighted by Gasteiger charge is -2.09. The topological polar surface area (TPSA) is 26.0 Å². The summed E-state index contributed by atoms with van der Waals surface area (Å²) in [6.07, 6.45) is 7.76. The van der Waals surface area contributed by atoms with Gasteiger partial charge in [-0.3, -0.25) is 0 Å². The van der Waals surface area contributed by atoms with Gasteiger partial charge in [0.05, 0.1) is 0 Å². The molecule has 0 saturated heterocycles. The van der Waals surface area contributed by atoms with Crippen molar-refractivity contribution in [2.24, 2.45) is 5.73 Å². The molecule has 1 unspecified atom stereocenters. The zero-order valence-electron chi connectivity index (χ0n) is 7.74. The van der Waals surface area contributed by atoms with Gasteiger partial charge in [-0.1, -0.05) is 30.3 Å². The standard InChI is InChI=1S/C12H15N/c1-2-3-9-12(13)10-11-7-5-4-6-8-11/h1,4-8,12H,3,9-10,13H2. The first-order valence-corrected chi connectivity index (χ1v) is 4.56. The largest absolute Gasteiger partial charge is 0.327 e. The van der Waals surface area contributed by atoms with Gasteiger partial charge < -0.3 is 5.73 Å². The summed E-state index contributed by atoms with van der Waals surface area (Å²) in [5, 5.41) is 0. The van der Waals surface area contributed by atoms with Crippen LogP contribution in [0.25, 0.3) is 0 Å². The molecule has 1 aromatic carbocycles. The fourth-order valence-corrected chi connectivity index (χ4v) is 1.29. The van der Waals surface area contributed by atoms with E-state index in [2.05, 4.69) is 18.1 Å². The van der Waals surface area contributed by atoms with Crippen molar-refractivity contribution >= 4 is 0 Å². The van der Waals surface area contributed by atoms with Crippen LogP contribution in [0.4, 0.5) is 0 Å². The van der Waals surface area contributed by atoms with E-state index in [0.717, 1.165) is 19.3 Å². The molecule has 0 aromatic heterocycles. The molecule has 1 heteroatoms. The molecule has 68 valence electrons. The maximum absolute atomic E-state index is 5.90. The van der Waals surface area contributed by atoms with Crippen LogP contribution in [-0.2, 0) is 6.42 Å². The van der Waals surface area contributed by atoms with E-state index in [1.807, 2.05) is 18.2 Å². The van der Waals surface area contributed by atoms with Crippen molar-refractivity contribution in [3.05, 3.63) is 35.9 Å². The molecule has 0 aliphatic carbocycles. The quantitative estimate of drug-likeness (QED) is 0.692. The Bertz CT molecular complexity index is 271. The summed E-state index contributed by atoms with van der Waals surface area (Å²) < 4.78 is 0. The lowest BCUT2D eigenvalue weighted by Crippen LogP contribution is -2.22. The van der Waals surface area contributed by atoms with E-state index in [9.17, 15) is 0 Å². The predicted molar refractivity (Wildman–Crippen MR) is 56.2 cm³/mol. The molecule has 1 nitrogen and oxygen atoms in total. The summed E-state index contributed by atoms with van der Waals surface area (Å²) in [6, 6.07) is 10.5. The van der Waals surface area contributed by atoms with E-state index in [1.165, 1.54) is 5.56 Å². The van der Waals surface area contributed by atoms with Crippen molar-refractivity contribution in [1.82, 2.24) is 0 Å². The average molecular weight is 173 g/mol. The molecule has 1 aromatic rings. The predicted octanol–water partition coefficient (Wildman–Crippen LogP) is 1.97. The third kappa shape index (κ3) is 3.78. The van der Waals surface area contributed by atoms with Gasteiger partial charge in [-0.15, -0.1) is 12.3 Å². The van der Waals surface area contributed by atoms with Crippen LogP contribution < -0.4 is 5.73 Å². The molecular formula is C12H15N. The molecule has 0 radical (unpaired) electrons. The van der Waals surface area contributed by atoms with Crippen molar-refractivity contribution in [3.8, 4) is 12.3 Å². The van der Waals surface area contributed by atoms with E-state index >= 15 is 0 Å². The fraction of sp³-hybridized carbons (Fsp3) is 0.333. The van der Waals surface area contributed by atoms with Gasteiger partial charge in [-0.2, -0.15) is 0 Å². The van der Waals surface area contributed by atoms with Crippen molar-refractivity contribution in [1.29, 1.82) is 0 Å². The minimum Gasteiger partial charge on any atom is -0.327 e. The van der Waals surface area contributed by atoms with Crippen molar-refractivity contribution in [2.45, 2.75) is 25.3 Å². The van der Waals surface area contributed by atoms with Gasteiger partial charge in [0.25, 0.3) is 0 Å². The Hall–Kier alpha value is -1.26. The highest BCUT2D eigenvalue weighted by Crippen LogP contribution is 2.04. The summed E-state index contributed by atoms with van der Waals surface area (Å²) in [5.41, 5.74) is 7.18. The summed E-state index contributed by atoms with van der Waals surface area (Å²) in [7, 11) is 0. The zero-order valence-corrected chi connectivity index (χ0v) is 7.74. The number of hydrogen-bond acceptors (Lipinski definition) is 1. The highest BCUT2D eigenvalue weighted by Gasteiger charge is 2.01. The molecule has 0 aliphatic rings. The van der Waals surface area contributed by atoms with Crippen molar-refractivity contribution in [2.75, 3.05) is 0 Å². The number of rotatable bonds is 4. The van der Waals surface area contributed by atoms with Crippen LogP contribution in [0, 0.1) is 12.3 Å². The number of hydrogen-bond donors (Lipinski definition) is 1. The van der Waals surface area contributed by atoms with Gasteiger partial charge in [0.1, 0.15) is 0 Å². The summed E-state index contributed by atoms with van der Waals surface area (Å²) in [4.78, 5) is 0. The molecule has 0 saturated carbocycles. The van der Waals surface area contributed by atoms with Crippen molar-refractivity contribution in [3.63, 3.8) is 0 Å². The molecule has 2 N–H and O–H groups in total. The second-order valence-corrected chi connectivity index (χ2v) is 3.19. The number of benzene rings is 1. The smallest absolute Gasteiger partial charge is 0.0101 e. The molecule has 0 amide bonds. The molecule has 0 bridgehead atoms. The second-order valence-electron chi connectivity index (χ2n) is 3.19. The minimum absolute atomic E-state index is 0.193. The fourth-order valence-electron chi connectivity index (χ4n) is 1.29. The van der Waals surface area contributed by atoms with Crippen LogP contribution in [-0.4, -0.2) is 6.04 Å². The monoisotopic (exact) mass is 173 g/mol. The molecule has 0 aliphatic heterocycles. The summed E-state index contributed by atoms with van der Waals surface area (Å²) in [6.45, 7) is 0. The summed E-state index contributed by atoms with van der Waals surface area (Å²) >= 11 is 0. The van der Waals surface area contributed by atoms with Crippen LogP contribution in [0.5, 0.6) is 0 Å². The first-order valence-electron chi connectivity index (χ1n) is 4.56. The maximum atomic E-state index is 5.90. The van der Waals surface area contributed by atoms with Gasteiger partial charge in [0.15, 0.2) is 0 Å². The molecule has 0 spiro atoms. The highest BCUT2D eigenvalue weighted by molar-refractivity contribution is 5.15. The first kappa shape index (κ1) is 9.83. The SMILES string of the molecule is C#CCCC(N)Cc1ccccc1. The van der Waals surface area contributed by atoms with Crippen LogP contribution in [0.3, 0.4) is 0 Å². The van der Waals surface area contributed by atoms with Crippen LogP contribution >= 0.6 is 0 Å². The Morgan fingerprint density at radius 1 is 1.31 bits per heavy atom. The van der Waals surface area contributed by atoms with Crippen LogP contribution in [0.2, 0.25) is 0 Å². The second kappa shape index (κ2) is 5.40. The van der Waals surface area contributed by atoms with Crippen LogP contribution in [0.15, 0.2) is 30.3 Å². The summed E-state index contributed by atoms with van der Waals surface area (Å²) in [5.74, 6) is 2.60. The molecule has 1 rings (SSSR count). The van der Waals surface area contributed by atoms with Gasteiger partial charge in [0.2, 0.25) is 0 Å².